The lowest BCUT2D eigenvalue weighted by atomic mass is 10.2. The Morgan fingerprint density at radius 3 is 2.91 bits per heavy atom. The fourth-order valence-electron chi connectivity index (χ4n) is 1.12. The molecule has 1 aromatic heterocycles. The van der Waals surface area contributed by atoms with E-state index in [1.54, 1.807) is 6.20 Å². The van der Waals surface area contributed by atoms with Crippen LogP contribution in [0.15, 0.2) is 28.9 Å². The molecule has 0 spiro atoms. The number of nitrogens with one attached hydrogen (secondary N) is 1. The van der Waals surface area contributed by atoms with Gasteiger partial charge in [0.25, 0.3) is 0 Å². The van der Waals surface area contributed by atoms with E-state index in [0.29, 0.717) is 0 Å². The number of hydrogen-bond donors (Lipinski definition) is 2. The second-order valence-corrected chi connectivity index (χ2v) is 3.19. The molecule has 2 aromatic rings. The maximum absolute atomic E-state index is 9.33. The van der Waals surface area contributed by atoms with Gasteiger partial charge in [0.2, 0.25) is 0 Å². The molecule has 3 heteroatoms. The van der Waals surface area contributed by atoms with Gasteiger partial charge in [0.05, 0.1) is 10.9 Å². The van der Waals surface area contributed by atoms with Crippen LogP contribution in [0, 0.1) is 0 Å². The number of rotatable bonds is 0. The third-order valence-electron chi connectivity index (χ3n) is 1.63. The van der Waals surface area contributed by atoms with Crippen LogP contribution >= 0.6 is 15.9 Å². The van der Waals surface area contributed by atoms with Crippen molar-refractivity contribution in [1.82, 2.24) is 4.98 Å². The summed E-state index contributed by atoms with van der Waals surface area (Å²) < 4.78 is 0.911. The molecule has 11 heavy (non-hydrogen) atoms. The Kier molecular flexibility index (Phi) is 1.39. The summed E-state index contributed by atoms with van der Waals surface area (Å²) >= 11 is 3.35. The van der Waals surface area contributed by atoms with E-state index in [-0.39, 0.29) is 5.75 Å². The molecule has 56 valence electrons. The molecule has 2 rings (SSSR count). The van der Waals surface area contributed by atoms with E-state index in [0.717, 1.165) is 15.4 Å². The summed E-state index contributed by atoms with van der Waals surface area (Å²) in [6.45, 7) is 0. The first-order chi connectivity index (χ1) is 5.29. The largest absolute Gasteiger partial charge is 0.506 e. The van der Waals surface area contributed by atoms with Gasteiger partial charge in [-0.1, -0.05) is 6.07 Å². The highest BCUT2D eigenvalue weighted by atomic mass is 79.9. The number of benzene rings is 1. The molecule has 1 heterocycles. The summed E-state index contributed by atoms with van der Waals surface area (Å²) in [6, 6.07) is 5.73. The van der Waals surface area contributed by atoms with E-state index >= 15 is 0 Å². The second kappa shape index (κ2) is 2.27. The fourth-order valence-corrected chi connectivity index (χ4v) is 1.69. The van der Waals surface area contributed by atoms with Gasteiger partial charge in [0.15, 0.2) is 0 Å². The molecule has 0 aliphatic rings. The predicted octanol–water partition coefficient (Wildman–Crippen LogP) is 2.64. The minimum Gasteiger partial charge on any atom is -0.506 e. The number of aromatic nitrogens is 1. The molecule has 0 fully saturated rings. The summed E-state index contributed by atoms with van der Waals surface area (Å²) in [6.07, 6.45) is 1.58. The highest BCUT2D eigenvalue weighted by Gasteiger charge is 2.03. The molecule has 0 saturated carbocycles. The molecule has 1 aromatic carbocycles. The third kappa shape index (κ3) is 0.922. The first kappa shape index (κ1) is 6.73. The van der Waals surface area contributed by atoms with E-state index in [1.165, 1.54) is 0 Å². The SMILES string of the molecule is Oc1c[nH]c2cccc(Br)c12. The summed E-state index contributed by atoms with van der Waals surface area (Å²) in [5.41, 5.74) is 0.942. The van der Waals surface area contributed by atoms with E-state index < -0.39 is 0 Å². The van der Waals surface area contributed by atoms with Crippen LogP contribution in [0.1, 0.15) is 0 Å². The average molecular weight is 212 g/mol. The van der Waals surface area contributed by atoms with Crippen molar-refractivity contribution in [1.29, 1.82) is 0 Å². The second-order valence-electron chi connectivity index (χ2n) is 2.34. The molecule has 0 aliphatic carbocycles. The quantitative estimate of drug-likeness (QED) is 0.691. The van der Waals surface area contributed by atoms with Gasteiger partial charge in [-0.3, -0.25) is 0 Å². The lowest BCUT2D eigenvalue weighted by Crippen LogP contribution is -1.67. The molecule has 2 N–H and O–H groups in total. The molecule has 2 nitrogen and oxygen atoms in total. The monoisotopic (exact) mass is 211 g/mol. The maximum Gasteiger partial charge on any atom is 0.141 e. The van der Waals surface area contributed by atoms with Crippen molar-refractivity contribution in [3.63, 3.8) is 0 Å². The number of aromatic hydroxyl groups is 1. The van der Waals surface area contributed by atoms with Crippen molar-refractivity contribution in [3.8, 4) is 5.75 Å². The molecule has 0 radical (unpaired) electrons. The Hall–Kier alpha value is -0.960. The van der Waals surface area contributed by atoms with E-state index in [1.807, 2.05) is 18.2 Å². The van der Waals surface area contributed by atoms with Crippen LogP contribution in [0.4, 0.5) is 0 Å². The number of halogens is 1. The Balaban J connectivity index is 2.96. The maximum atomic E-state index is 9.33. The molecule has 0 saturated heterocycles. The van der Waals surface area contributed by atoms with Gasteiger partial charge in [-0.25, -0.2) is 0 Å². The molecule has 0 atom stereocenters. The van der Waals surface area contributed by atoms with Crippen molar-refractivity contribution in [3.05, 3.63) is 28.9 Å². The number of hydrogen-bond acceptors (Lipinski definition) is 1. The van der Waals surface area contributed by atoms with E-state index in [2.05, 4.69) is 20.9 Å². The topological polar surface area (TPSA) is 36.0 Å². The van der Waals surface area contributed by atoms with Crippen LogP contribution in [-0.4, -0.2) is 10.1 Å². The lowest BCUT2D eigenvalue weighted by Gasteiger charge is -1.92. The molecule has 0 bridgehead atoms. The minimum atomic E-state index is 0.285. The van der Waals surface area contributed by atoms with E-state index in [9.17, 15) is 5.11 Å². The molecule has 0 unspecified atom stereocenters. The standard InChI is InChI=1S/C8H6BrNO/c9-5-2-1-3-6-8(5)7(11)4-10-6/h1-4,10-11H. The zero-order chi connectivity index (χ0) is 7.84. The lowest BCUT2D eigenvalue weighted by molar-refractivity contribution is 0.481. The Morgan fingerprint density at radius 2 is 2.18 bits per heavy atom. The summed E-state index contributed by atoms with van der Waals surface area (Å²) in [7, 11) is 0. The molecule has 0 aliphatic heterocycles. The fraction of sp³-hybridized carbons (Fsp3) is 0. The van der Waals surface area contributed by atoms with Gasteiger partial charge in [-0.2, -0.15) is 0 Å². The summed E-state index contributed by atoms with van der Waals surface area (Å²) in [4.78, 5) is 2.95. The zero-order valence-corrected chi connectivity index (χ0v) is 7.22. The highest BCUT2D eigenvalue weighted by Crippen LogP contribution is 2.30. The minimum absolute atomic E-state index is 0.285. The average Bonchev–Trinajstić information content (AvgIpc) is 2.34. The first-order valence-corrected chi connectivity index (χ1v) is 4.03. The van der Waals surface area contributed by atoms with Crippen LogP contribution in [-0.2, 0) is 0 Å². The van der Waals surface area contributed by atoms with Crippen molar-refractivity contribution < 1.29 is 5.11 Å². The van der Waals surface area contributed by atoms with Gasteiger partial charge in [0.1, 0.15) is 5.75 Å². The Labute approximate surface area is 72.0 Å². The van der Waals surface area contributed by atoms with Gasteiger partial charge < -0.3 is 10.1 Å². The van der Waals surface area contributed by atoms with Crippen molar-refractivity contribution in [2.24, 2.45) is 0 Å². The van der Waals surface area contributed by atoms with Gasteiger partial charge in [-0.05, 0) is 28.1 Å². The zero-order valence-electron chi connectivity index (χ0n) is 5.63. The van der Waals surface area contributed by atoms with Crippen LogP contribution in [0.3, 0.4) is 0 Å². The number of fused-ring (bicyclic) bond motifs is 1. The normalized spacial score (nSPS) is 10.6. The molecule has 0 amide bonds. The van der Waals surface area contributed by atoms with Gasteiger partial charge in [0, 0.05) is 10.7 Å². The summed E-state index contributed by atoms with van der Waals surface area (Å²) in [5.74, 6) is 0.285. The number of aromatic amines is 1. The van der Waals surface area contributed by atoms with Crippen molar-refractivity contribution in [2.75, 3.05) is 0 Å². The summed E-state index contributed by atoms with van der Waals surface area (Å²) in [5, 5.41) is 10.2. The number of H-pyrrole nitrogens is 1. The smallest absolute Gasteiger partial charge is 0.141 e. The first-order valence-electron chi connectivity index (χ1n) is 3.23. The van der Waals surface area contributed by atoms with Crippen molar-refractivity contribution in [2.45, 2.75) is 0 Å². The van der Waals surface area contributed by atoms with Crippen LogP contribution in [0.25, 0.3) is 10.9 Å². The third-order valence-corrected chi connectivity index (χ3v) is 2.29. The van der Waals surface area contributed by atoms with Crippen LogP contribution in [0.2, 0.25) is 0 Å². The van der Waals surface area contributed by atoms with Gasteiger partial charge in [-0.15, -0.1) is 0 Å². The Morgan fingerprint density at radius 1 is 1.36 bits per heavy atom. The molecular weight excluding hydrogens is 206 g/mol. The molecular formula is C8H6BrNO. The van der Waals surface area contributed by atoms with Crippen LogP contribution < -0.4 is 0 Å². The van der Waals surface area contributed by atoms with Crippen molar-refractivity contribution >= 4 is 26.8 Å². The van der Waals surface area contributed by atoms with Crippen LogP contribution in [0.5, 0.6) is 5.75 Å². The predicted molar refractivity (Wildman–Crippen MR) is 47.7 cm³/mol. The Bertz CT molecular complexity index is 394. The van der Waals surface area contributed by atoms with E-state index in [4.69, 9.17) is 0 Å². The highest BCUT2D eigenvalue weighted by molar-refractivity contribution is 9.10. The van der Waals surface area contributed by atoms with Gasteiger partial charge >= 0.3 is 0 Å².